The number of benzene rings is 1. The first-order valence-electron chi connectivity index (χ1n) is 7.33. The van der Waals surface area contributed by atoms with Crippen molar-refractivity contribution >= 4 is 0 Å². The van der Waals surface area contributed by atoms with Crippen molar-refractivity contribution in [2.24, 2.45) is 0 Å². The minimum atomic E-state index is 0.227. The minimum Gasteiger partial charge on any atom is -0.395 e. The molecule has 0 aliphatic heterocycles. The van der Waals surface area contributed by atoms with Crippen LogP contribution in [0.2, 0.25) is 0 Å². The Labute approximate surface area is 121 Å². The molecule has 0 saturated heterocycles. The highest BCUT2D eigenvalue weighted by Gasteiger charge is 2.05. The molecule has 0 spiro atoms. The summed E-state index contributed by atoms with van der Waals surface area (Å²) >= 11 is 0. The fraction of sp³-hybridized carbons (Fsp3) is 0.412. The molecule has 0 atom stereocenters. The average molecular weight is 272 g/mol. The van der Waals surface area contributed by atoms with Gasteiger partial charge in [0.1, 0.15) is 0 Å². The van der Waals surface area contributed by atoms with Crippen LogP contribution in [-0.2, 0) is 13.1 Å². The van der Waals surface area contributed by atoms with E-state index in [2.05, 4.69) is 59.1 Å². The molecule has 0 unspecified atom stereocenters. The van der Waals surface area contributed by atoms with Crippen molar-refractivity contribution in [3.63, 3.8) is 0 Å². The van der Waals surface area contributed by atoms with Gasteiger partial charge in [-0.2, -0.15) is 0 Å². The van der Waals surface area contributed by atoms with Gasteiger partial charge in [-0.3, -0.25) is 4.90 Å². The zero-order valence-corrected chi connectivity index (χ0v) is 12.2. The summed E-state index contributed by atoms with van der Waals surface area (Å²) in [5, 5.41) is 9.09. The van der Waals surface area contributed by atoms with E-state index >= 15 is 0 Å². The van der Waals surface area contributed by atoms with Gasteiger partial charge in [-0.15, -0.1) is 0 Å². The number of hydrogen-bond acceptors (Lipinski definition) is 2. The van der Waals surface area contributed by atoms with Crippen molar-refractivity contribution in [2.45, 2.75) is 26.4 Å². The van der Waals surface area contributed by atoms with Crippen molar-refractivity contribution in [1.29, 1.82) is 0 Å². The fourth-order valence-corrected chi connectivity index (χ4v) is 2.46. The van der Waals surface area contributed by atoms with Crippen LogP contribution in [0.25, 0.3) is 0 Å². The van der Waals surface area contributed by atoms with Gasteiger partial charge in [0.05, 0.1) is 6.61 Å². The molecule has 20 heavy (non-hydrogen) atoms. The van der Waals surface area contributed by atoms with Crippen molar-refractivity contribution in [2.75, 3.05) is 19.7 Å². The van der Waals surface area contributed by atoms with E-state index in [4.69, 9.17) is 5.11 Å². The Morgan fingerprint density at radius 3 is 2.55 bits per heavy atom. The number of rotatable bonds is 8. The molecule has 3 nitrogen and oxygen atoms in total. The number of aliphatic hydroxyl groups excluding tert-OH is 1. The Morgan fingerprint density at radius 1 is 1.05 bits per heavy atom. The maximum absolute atomic E-state index is 9.09. The summed E-state index contributed by atoms with van der Waals surface area (Å²) in [6.07, 6.45) is 5.45. The summed E-state index contributed by atoms with van der Waals surface area (Å²) in [7, 11) is 0. The van der Waals surface area contributed by atoms with E-state index in [9.17, 15) is 0 Å². The molecule has 0 aliphatic rings. The lowest BCUT2D eigenvalue weighted by atomic mass is 10.2. The molecule has 0 fully saturated rings. The Morgan fingerprint density at radius 2 is 1.85 bits per heavy atom. The molecule has 2 aromatic rings. The summed E-state index contributed by atoms with van der Waals surface area (Å²) in [6, 6.07) is 12.7. The van der Waals surface area contributed by atoms with Crippen LogP contribution in [0.4, 0.5) is 0 Å². The quantitative estimate of drug-likeness (QED) is 0.800. The summed E-state index contributed by atoms with van der Waals surface area (Å²) in [5.41, 5.74) is 2.62. The van der Waals surface area contributed by atoms with Crippen LogP contribution >= 0.6 is 0 Å². The maximum atomic E-state index is 9.09. The lowest BCUT2D eigenvalue weighted by molar-refractivity contribution is 0.190. The van der Waals surface area contributed by atoms with E-state index < -0.39 is 0 Å². The first-order chi connectivity index (χ1) is 9.81. The summed E-state index contributed by atoms with van der Waals surface area (Å²) in [5.74, 6) is 0. The highest BCUT2D eigenvalue weighted by atomic mass is 16.3. The molecule has 0 radical (unpaired) electrons. The first-order valence-corrected chi connectivity index (χ1v) is 7.33. The molecule has 0 bridgehead atoms. The van der Waals surface area contributed by atoms with E-state index in [1.54, 1.807) is 0 Å². The Bertz CT molecular complexity index is 487. The normalized spacial score (nSPS) is 11.2. The Balaban J connectivity index is 1.94. The molecule has 0 aliphatic carbocycles. The second-order valence-electron chi connectivity index (χ2n) is 5.18. The monoisotopic (exact) mass is 272 g/mol. The molecule has 1 N–H and O–H groups in total. The van der Waals surface area contributed by atoms with Gasteiger partial charge in [0.25, 0.3) is 0 Å². The molecule has 1 aromatic carbocycles. The van der Waals surface area contributed by atoms with Crippen molar-refractivity contribution < 1.29 is 5.11 Å². The second-order valence-corrected chi connectivity index (χ2v) is 5.18. The lowest BCUT2D eigenvalue weighted by Crippen LogP contribution is -2.27. The van der Waals surface area contributed by atoms with Crippen molar-refractivity contribution in [1.82, 2.24) is 9.47 Å². The lowest BCUT2D eigenvalue weighted by Gasteiger charge is -2.19. The van der Waals surface area contributed by atoms with Gasteiger partial charge >= 0.3 is 0 Å². The Hall–Kier alpha value is -1.58. The predicted molar refractivity (Wildman–Crippen MR) is 82.6 cm³/mol. The van der Waals surface area contributed by atoms with Gasteiger partial charge in [-0.25, -0.2) is 0 Å². The van der Waals surface area contributed by atoms with Crippen LogP contribution in [-0.4, -0.2) is 34.3 Å². The Kier molecular flexibility index (Phi) is 5.84. The third-order valence-corrected chi connectivity index (χ3v) is 3.38. The number of aromatic nitrogens is 1. The van der Waals surface area contributed by atoms with Crippen LogP contribution in [0.5, 0.6) is 0 Å². The molecule has 1 aromatic heterocycles. The highest BCUT2D eigenvalue weighted by molar-refractivity contribution is 5.17. The van der Waals surface area contributed by atoms with Gasteiger partial charge in [0.15, 0.2) is 0 Å². The second kappa shape index (κ2) is 7.88. The predicted octanol–water partition coefficient (Wildman–Crippen LogP) is 2.74. The van der Waals surface area contributed by atoms with E-state index in [0.717, 1.165) is 32.6 Å². The summed E-state index contributed by atoms with van der Waals surface area (Å²) in [6.45, 7) is 6.00. The van der Waals surface area contributed by atoms with Gasteiger partial charge in [-0.1, -0.05) is 37.3 Å². The van der Waals surface area contributed by atoms with Crippen molar-refractivity contribution in [3.8, 4) is 0 Å². The average Bonchev–Trinajstić information content (AvgIpc) is 2.88. The molecule has 2 rings (SSSR count). The third-order valence-electron chi connectivity index (χ3n) is 3.38. The van der Waals surface area contributed by atoms with Crippen molar-refractivity contribution in [3.05, 3.63) is 59.9 Å². The fourth-order valence-electron chi connectivity index (χ4n) is 2.46. The summed E-state index contributed by atoms with van der Waals surface area (Å²) < 4.78 is 2.22. The van der Waals surface area contributed by atoms with Crippen LogP contribution in [0.3, 0.4) is 0 Å². The van der Waals surface area contributed by atoms with Crippen LogP contribution in [0.15, 0.2) is 48.8 Å². The molecule has 1 heterocycles. The molecule has 0 saturated carbocycles. The standard InChI is InChI=1S/C17H24N2O/c1-2-9-18(11-12-20)14-17-8-10-19(15-17)13-16-6-4-3-5-7-16/h3-8,10,15,20H,2,9,11-14H2,1H3. The smallest absolute Gasteiger partial charge is 0.0558 e. The van der Waals surface area contributed by atoms with Crippen LogP contribution in [0, 0.1) is 0 Å². The largest absolute Gasteiger partial charge is 0.395 e. The van der Waals surface area contributed by atoms with E-state index in [1.807, 2.05) is 6.07 Å². The molecular formula is C17H24N2O. The first kappa shape index (κ1) is 14.8. The number of hydrogen-bond donors (Lipinski definition) is 1. The molecule has 108 valence electrons. The molecule has 0 amide bonds. The van der Waals surface area contributed by atoms with Gasteiger partial charge in [-0.05, 0) is 30.2 Å². The minimum absolute atomic E-state index is 0.227. The number of aliphatic hydroxyl groups is 1. The molecular weight excluding hydrogens is 248 g/mol. The van der Waals surface area contributed by atoms with Gasteiger partial charge in [0.2, 0.25) is 0 Å². The maximum Gasteiger partial charge on any atom is 0.0558 e. The topological polar surface area (TPSA) is 28.4 Å². The number of nitrogens with zero attached hydrogens (tertiary/aromatic N) is 2. The van der Waals surface area contributed by atoms with Gasteiger partial charge < -0.3 is 9.67 Å². The SMILES string of the molecule is CCCN(CCO)Cc1ccn(Cc2ccccc2)c1. The highest BCUT2D eigenvalue weighted by Crippen LogP contribution is 2.09. The summed E-state index contributed by atoms with van der Waals surface area (Å²) in [4.78, 5) is 2.29. The van der Waals surface area contributed by atoms with E-state index in [-0.39, 0.29) is 6.61 Å². The zero-order valence-electron chi connectivity index (χ0n) is 12.2. The van der Waals surface area contributed by atoms with E-state index in [1.165, 1.54) is 11.1 Å². The molecule has 3 heteroatoms. The third kappa shape index (κ3) is 4.51. The van der Waals surface area contributed by atoms with Crippen LogP contribution in [0.1, 0.15) is 24.5 Å². The zero-order chi connectivity index (χ0) is 14.2. The van der Waals surface area contributed by atoms with E-state index in [0.29, 0.717) is 0 Å². The van der Waals surface area contributed by atoms with Gasteiger partial charge in [0, 0.05) is 32.0 Å². The van der Waals surface area contributed by atoms with Crippen LogP contribution < -0.4 is 0 Å².